The monoisotopic (exact) mass is 379 g/mol. The van der Waals surface area contributed by atoms with Crippen molar-refractivity contribution >= 4 is 5.91 Å². The standard InChI is InChI=1S/C22H25N3O3/c1-4-12-28-20-11-10-17(14-21(20)27-3)15-23-22(26)19-13-16(2)25(24-19)18-8-6-5-7-9-18/h5-11,13-14H,4,12,15H2,1-3H3,(H,23,26). The van der Waals surface area contributed by atoms with Gasteiger partial charge in [0.25, 0.3) is 5.91 Å². The van der Waals surface area contributed by atoms with Crippen LogP contribution in [0.4, 0.5) is 0 Å². The molecule has 0 saturated carbocycles. The average Bonchev–Trinajstić information content (AvgIpc) is 3.13. The Kier molecular flexibility index (Phi) is 6.32. The largest absolute Gasteiger partial charge is 0.493 e. The molecule has 0 atom stereocenters. The van der Waals surface area contributed by atoms with E-state index >= 15 is 0 Å². The van der Waals surface area contributed by atoms with Crippen LogP contribution in [-0.4, -0.2) is 29.4 Å². The maximum Gasteiger partial charge on any atom is 0.272 e. The number of hydrogen-bond donors (Lipinski definition) is 1. The van der Waals surface area contributed by atoms with Crippen molar-refractivity contribution in [2.75, 3.05) is 13.7 Å². The van der Waals surface area contributed by atoms with Crippen LogP contribution in [0, 0.1) is 6.92 Å². The van der Waals surface area contributed by atoms with E-state index in [-0.39, 0.29) is 5.91 Å². The average molecular weight is 379 g/mol. The molecular formula is C22H25N3O3. The predicted molar refractivity (Wildman–Crippen MR) is 108 cm³/mol. The lowest BCUT2D eigenvalue weighted by Crippen LogP contribution is -2.23. The molecule has 3 rings (SSSR count). The quantitative estimate of drug-likeness (QED) is 0.644. The summed E-state index contributed by atoms with van der Waals surface area (Å²) in [5.74, 6) is 1.14. The summed E-state index contributed by atoms with van der Waals surface area (Å²) in [4.78, 5) is 12.5. The first-order chi connectivity index (χ1) is 13.6. The molecule has 146 valence electrons. The molecule has 0 unspecified atom stereocenters. The van der Waals surface area contributed by atoms with Crippen LogP contribution in [0.2, 0.25) is 0 Å². The van der Waals surface area contributed by atoms with Crippen LogP contribution in [0.3, 0.4) is 0 Å². The Morgan fingerprint density at radius 1 is 1.11 bits per heavy atom. The first kappa shape index (κ1) is 19.5. The molecular weight excluding hydrogens is 354 g/mol. The Hall–Kier alpha value is -3.28. The molecule has 0 bridgehead atoms. The highest BCUT2D eigenvalue weighted by Crippen LogP contribution is 2.28. The molecule has 6 heteroatoms. The number of ether oxygens (including phenoxy) is 2. The van der Waals surface area contributed by atoms with Crippen molar-refractivity contribution in [1.82, 2.24) is 15.1 Å². The van der Waals surface area contributed by atoms with Crippen LogP contribution in [0.5, 0.6) is 11.5 Å². The van der Waals surface area contributed by atoms with Crippen LogP contribution in [0.1, 0.15) is 35.1 Å². The molecule has 3 aromatic rings. The molecule has 0 aliphatic heterocycles. The molecule has 0 aliphatic carbocycles. The van der Waals surface area contributed by atoms with Gasteiger partial charge in [-0.15, -0.1) is 0 Å². The first-order valence-corrected chi connectivity index (χ1v) is 9.32. The van der Waals surface area contributed by atoms with Crippen molar-refractivity contribution in [2.24, 2.45) is 0 Å². The lowest BCUT2D eigenvalue weighted by molar-refractivity contribution is 0.0945. The van der Waals surface area contributed by atoms with Crippen molar-refractivity contribution in [2.45, 2.75) is 26.8 Å². The van der Waals surface area contributed by atoms with Crippen LogP contribution in [-0.2, 0) is 6.54 Å². The van der Waals surface area contributed by atoms with Crippen LogP contribution in [0.25, 0.3) is 5.69 Å². The zero-order valence-corrected chi connectivity index (χ0v) is 16.4. The molecule has 0 radical (unpaired) electrons. The van der Waals surface area contributed by atoms with E-state index in [2.05, 4.69) is 17.3 Å². The van der Waals surface area contributed by atoms with Crippen LogP contribution in [0.15, 0.2) is 54.6 Å². The van der Waals surface area contributed by atoms with Crippen molar-refractivity contribution < 1.29 is 14.3 Å². The van der Waals surface area contributed by atoms with Gasteiger partial charge in [0, 0.05) is 12.2 Å². The summed E-state index contributed by atoms with van der Waals surface area (Å²) in [6.07, 6.45) is 0.927. The van der Waals surface area contributed by atoms with Gasteiger partial charge in [0.2, 0.25) is 0 Å². The van der Waals surface area contributed by atoms with Gasteiger partial charge in [-0.25, -0.2) is 4.68 Å². The van der Waals surface area contributed by atoms with E-state index in [1.54, 1.807) is 17.9 Å². The molecule has 0 aliphatic rings. The number of amides is 1. The van der Waals surface area contributed by atoms with E-state index in [1.165, 1.54) is 0 Å². The summed E-state index contributed by atoms with van der Waals surface area (Å²) in [5, 5.41) is 7.34. The van der Waals surface area contributed by atoms with Gasteiger partial charge in [-0.3, -0.25) is 4.79 Å². The third-order valence-corrected chi connectivity index (χ3v) is 4.26. The van der Waals surface area contributed by atoms with Crippen LogP contribution >= 0.6 is 0 Å². The third-order valence-electron chi connectivity index (χ3n) is 4.26. The van der Waals surface area contributed by atoms with Crippen molar-refractivity contribution in [3.8, 4) is 17.2 Å². The lowest BCUT2D eigenvalue weighted by Gasteiger charge is -2.12. The van der Waals surface area contributed by atoms with E-state index in [4.69, 9.17) is 9.47 Å². The number of aromatic nitrogens is 2. The number of nitrogens with zero attached hydrogens (tertiary/aromatic N) is 2. The highest BCUT2D eigenvalue weighted by molar-refractivity contribution is 5.92. The van der Waals surface area contributed by atoms with E-state index in [0.29, 0.717) is 30.3 Å². The molecule has 2 aromatic carbocycles. The number of carbonyl (C=O) groups is 1. The zero-order valence-electron chi connectivity index (χ0n) is 16.4. The van der Waals surface area contributed by atoms with Crippen molar-refractivity contribution in [3.63, 3.8) is 0 Å². The van der Waals surface area contributed by atoms with Gasteiger partial charge in [0.15, 0.2) is 17.2 Å². The number of para-hydroxylation sites is 1. The van der Waals surface area contributed by atoms with E-state index in [0.717, 1.165) is 23.4 Å². The maximum atomic E-state index is 12.5. The maximum absolute atomic E-state index is 12.5. The normalized spacial score (nSPS) is 10.5. The molecule has 1 N–H and O–H groups in total. The molecule has 28 heavy (non-hydrogen) atoms. The lowest BCUT2D eigenvalue weighted by atomic mass is 10.2. The molecule has 0 saturated heterocycles. The fourth-order valence-electron chi connectivity index (χ4n) is 2.84. The summed E-state index contributed by atoms with van der Waals surface area (Å²) in [6.45, 7) is 4.99. The number of methoxy groups -OCH3 is 1. The fourth-order valence-corrected chi connectivity index (χ4v) is 2.84. The Labute approximate surface area is 165 Å². The van der Waals surface area contributed by atoms with Gasteiger partial charge < -0.3 is 14.8 Å². The summed E-state index contributed by atoms with van der Waals surface area (Å²) in [5.41, 5.74) is 3.13. The highest BCUT2D eigenvalue weighted by Gasteiger charge is 2.13. The first-order valence-electron chi connectivity index (χ1n) is 9.32. The molecule has 0 fully saturated rings. The van der Waals surface area contributed by atoms with Gasteiger partial charge in [-0.1, -0.05) is 31.2 Å². The van der Waals surface area contributed by atoms with Crippen LogP contribution < -0.4 is 14.8 Å². The number of benzene rings is 2. The Morgan fingerprint density at radius 3 is 2.61 bits per heavy atom. The number of carbonyl (C=O) groups excluding carboxylic acids is 1. The van der Waals surface area contributed by atoms with Gasteiger partial charge in [-0.05, 0) is 49.2 Å². The smallest absolute Gasteiger partial charge is 0.272 e. The van der Waals surface area contributed by atoms with Crippen molar-refractivity contribution in [3.05, 3.63) is 71.5 Å². The summed E-state index contributed by atoms with van der Waals surface area (Å²) >= 11 is 0. The number of hydrogen-bond acceptors (Lipinski definition) is 4. The summed E-state index contributed by atoms with van der Waals surface area (Å²) < 4.78 is 12.8. The number of aryl methyl sites for hydroxylation is 1. The van der Waals surface area contributed by atoms with Gasteiger partial charge >= 0.3 is 0 Å². The Bertz CT molecular complexity index is 935. The zero-order chi connectivity index (χ0) is 19.9. The molecule has 1 heterocycles. The fraction of sp³-hybridized carbons (Fsp3) is 0.273. The second-order valence-electron chi connectivity index (χ2n) is 6.43. The van der Waals surface area contributed by atoms with E-state index < -0.39 is 0 Å². The topological polar surface area (TPSA) is 65.4 Å². The molecule has 1 aromatic heterocycles. The van der Waals surface area contributed by atoms with Gasteiger partial charge in [-0.2, -0.15) is 5.10 Å². The minimum absolute atomic E-state index is 0.219. The predicted octanol–water partition coefficient (Wildman–Crippen LogP) is 3.91. The summed E-state index contributed by atoms with van der Waals surface area (Å²) in [6, 6.07) is 17.2. The highest BCUT2D eigenvalue weighted by atomic mass is 16.5. The van der Waals surface area contributed by atoms with Crippen molar-refractivity contribution in [1.29, 1.82) is 0 Å². The summed E-state index contributed by atoms with van der Waals surface area (Å²) in [7, 11) is 1.61. The molecule has 1 amide bonds. The molecule has 6 nitrogen and oxygen atoms in total. The Balaban J connectivity index is 1.67. The van der Waals surface area contributed by atoms with E-state index in [9.17, 15) is 4.79 Å². The molecule has 0 spiro atoms. The SMILES string of the molecule is CCCOc1ccc(CNC(=O)c2cc(C)n(-c3ccccc3)n2)cc1OC. The van der Waals surface area contributed by atoms with Gasteiger partial charge in [0.05, 0.1) is 19.4 Å². The number of nitrogens with one attached hydrogen (secondary N) is 1. The third kappa shape index (κ3) is 4.52. The second-order valence-corrected chi connectivity index (χ2v) is 6.43. The number of rotatable bonds is 8. The van der Waals surface area contributed by atoms with E-state index in [1.807, 2.05) is 55.5 Å². The second kappa shape index (κ2) is 9.08. The van der Waals surface area contributed by atoms with Gasteiger partial charge in [0.1, 0.15) is 0 Å². The minimum atomic E-state index is -0.219. The Morgan fingerprint density at radius 2 is 1.89 bits per heavy atom. The minimum Gasteiger partial charge on any atom is -0.493 e.